The van der Waals surface area contributed by atoms with Crippen LogP contribution in [0.2, 0.25) is 0 Å². The Morgan fingerprint density at radius 1 is 1.17 bits per heavy atom. The van der Waals surface area contributed by atoms with Crippen LogP contribution in [0, 0.1) is 5.41 Å². The van der Waals surface area contributed by atoms with Crippen molar-refractivity contribution in [2.75, 3.05) is 39.8 Å². The van der Waals surface area contributed by atoms with E-state index >= 15 is 0 Å². The molecule has 132 valence electrons. The minimum Gasteiger partial charge on any atom is -0.491 e. The molecular formula is C19H28N2O3. The van der Waals surface area contributed by atoms with Crippen molar-refractivity contribution in [1.82, 2.24) is 9.80 Å². The quantitative estimate of drug-likeness (QED) is 0.913. The number of hydrogen-bond donors (Lipinski definition) is 1. The molecule has 5 heteroatoms. The van der Waals surface area contributed by atoms with E-state index in [0.29, 0.717) is 19.5 Å². The summed E-state index contributed by atoms with van der Waals surface area (Å²) in [7, 11) is 2.10. The van der Waals surface area contributed by atoms with Gasteiger partial charge in [-0.1, -0.05) is 25.1 Å². The Labute approximate surface area is 144 Å². The maximum absolute atomic E-state index is 12.9. The number of nitrogens with zero attached hydrogens (tertiary/aromatic N) is 2. The molecule has 0 saturated carbocycles. The molecule has 24 heavy (non-hydrogen) atoms. The first-order valence-electron chi connectivity index (χ1n) is 8.78. The standard InChI is InChI=1S/C19H28N2O3/c1-18(8-11-20(2)12-9-18)17(22)21-13-10-19(23,14-21)15-24-16-6-4-3-5-7-16/h3-7,23H,8-15H2,1-2H3/t19-/m1/s1. The second kappa shape index (κ2) is 6.73. The average Bonchev–Trinajstić information content (AvgIpc) is 2.99. The Hall–Kier alpha value is -1.59. The van der Waals surface area contributed by atoms with Gasteiger partial charge in [-0.05, 0) is 51.5 Å². The summed E-state index contributed by atoms with van der Waals surface area (Å²) in [5.41, 5.74) is -1.24. The zero-order valence-corrected chi connectivity index (χ0v) is 14.7. The fourth-order valence-electron chi connectivity index (χ4n) is 3.59. The minimum atomic E-state index is -0.951. The van der Waals surface area contributed by atoms with Gasteiger partial charge >= 0.3 is 0 Å². The topological polar surface area (TPSA) is 53.0 Å². The lowest BCUT2D eigenvalue weighted by Crippen LogP contribution is -2.49. The van der Waals surface area contributed by atoms with Gasteiger partial charge < -0.3 is 19.6 Å². The van der Waals surface area contributed by atoms with Gasteiger partial charge in [-0.2, -0.15) is 0 Å². The molecule has 2 fully saturated rings. The molecule has 2 aliphatic heterocycles. The Morgan fingerprint density at radius 3 is 2.50 bits per heavy atom. The first-order chi connectivity index (χ1) is 11.4. The highest BCUT2D eigenvalue weighted by Crippen LogP contribution is 2.35. The lowest BCUT2D eigenvalue weighted by atomic mass is 9.79. The van der Waals surface area contributed by atoms with Crippen LogP contribution in [0.5, 0.6) is 5.75 Å². The monoisotopic (exact) mass is 332 g/mol. The minimum absolute atomic E-state index is 0.186. The average molecular weight is 332 g/mol. The first-order valence-corrected chi connectivity index (χ1v) is 8.78. The van der Waals surface area contributed by atoms with Crippen molar-refractivity contribution in [3.8, 4) is 5.75 Å². The number of benzene rings is 1. The SMILES string of the molecule is CN1CCC(C)(C(=O)N2CC[C@](O)(COc3ccccc3)C2)CC1. The van der Waals surface area contributed by atoms with Crippen LogP contribution in [0.25, 0.3) is 0 Å². The number of para-hydroxylation sites is 1. The van der Waals surface area contributed by atoms with Gasteiger partial charge in [0.2, 0.25) is 5.91 Å². The van der Waals surface area contributed by atoms with Crippen molar-refractivity contribution in [3.63, 3.8) is 0 Å². The summed E-state index contributed by atoms with van der Waals surface area (Å²) < 4.78 is 5.71. The van der Waals surface area contributed by atoms with Gasteiger partial charge in [0.1, 0.15) is 18.0 Å². The molecule has 1 aromatic rings. The number of piperidine rings is 1. The van der Waals surface area contributed by atoms with Crippen molar-refractivity contribution < 1.29 is 14.6 Å². The van der Waals surface area contributed by atoms with Crippen LogP contribution in [0.4, 0.5) is 0 Å². The molecule has 1 aromatic carbocycles. The predicted octanol–water partition coefficient (Wildman–Crippen LogP) is 1.76. The predicted molar refractivity (Wildman–Crippen MR) is 92.9 cm³/mol. The van der Waals surface area contributed by atoms with E-state index in [-0.39, 0.29) is 17.9 Å². The van der Waals surface area contributed by atoms with E-state index in [2.05, 4.69) is 18.9 Å². The molecule has 0 spiro atoms. The molecule has 2 aliphatic rings. The van der Waals surface area contributed by atoms with Crippen molar-refractivity contribution in [3.05, 3.63) is 30.3 Å². The molecule has 2 saturated heterocycles. The summed E-state index contributed by atoms with van der Waals surface area (Å²) in [5, 5.41) is 10.8. The van der Waals surface area contributed by atoms with Crippen LogP contribution in [-0.2, 0) is 4.79 Å². The molecule has 1 N–H and O–H groups in total. The van der Waals surface area contributed by atoms with Crippen LogP contribution in [-0.4, -0.2) is 66.2 Å². The molecule has 3 rings (SSSR count). The highest BCUT2D eigenvalue weighted by atomic mass is 16.5. The molecule has 2 heterocycles. The highest BCUT2D eigenvalue weighted by Gasteiger charge is 2.45. The van der Waals surface area contributed by atoms with Gasteiger partial charge in [0.25, 0.3) is 0 Å². The first kappa shape index (κ1) is 17.2. The zero-order valence-electron chi connectivity index (χ0n) is 14.7. The molecule has 5 nitrogen and oxygen atoms in total. The number of rotatable bonds is 4. The number of ether oxygens (including phenoxy) is 1. The van der Waals surface area contributed by atoms with Crippen LogP contribution >= 0.6 is 0 Å². The van der Waals surface area contributed by atoms with Gasteiger partial charge in [0.05, 0.1) is 6.54 Å². The lowest BCUT2D eigenvalue weighted by molar-refractivity contribution is -0.144. The fourth-order valence-corrected chi connectivity index (χ4v) is 3.59. The maximum atomic E-state index is 12.9. The van der Waals surface area contributed by atoms with Crippen molar-refractivity contribution in [2.45, 2.75) is 31.8 Å². The van der Waals surface area contributed by atoms with E-state index in [0.717, 1.165) is 31.7 Å². The molecule has 1 atom stereocenters. The van der Waals surface area contributed by atoms with E-state index in [1.165, 1.54) is 0 Å². The lowest BCUT2D eigenvalue weighted by Gasteiger charge is -2.39. The smallest absolute Gasteiger partial charge is 0.228 e. The number of amides is 1. The van der Waals surface area contributed by atoms with Crippen molar-refractivity contribution in [1.29, 1.82) is 0 Å². The van der Waals surface area contributed by atoms with E-state index in [4.69, 9.17) is 4.74 Å². The number of likely N-dealkylation sites (tertiary alicyclic amines) is 2. The molecule has 0 aliphatic carbocycles. The molecule has 0 aromatic heterocycles. The van der Waals surface area contributed by atoms with Crippen LogP contribution in [0.3, 0.4) is 0 Å². The number of aliphatic hydroxyl groups is 1. The van der Waals surface area contributed by atoms with Crippen LogP contribution in [0.15, 0.2) is 30.3 Å². The van der Waals surface area contributed by atoms with Gasteiger partial charge in [-0.25, -0.2) is 0 Å². The zero-order chi connectivity index (χ0) is 17.2. The summed E-state index contributed by atoms with van der Waals surface area (Å²) >= 11 is 0. The van der Waals surface area contributed by atoms with Gasteiger partial charge in [-0.3, -0.25) is 4.79 Å². The molecular weight excluding hydrogens is 304 g/mol. The fraction of sp³-hybridized carbons (Fsp3) is 0.632. The van der Waals surface area contributed by atoms with E-state index in [1.54, 1.807) is 0 Å². The normalized spacial score (nSPS) is 27.2. The highest BCUT2D eigenvalue weighted by molar-refractivity contribution is 5.83. The third kappa shape index (κ3) is 3.73. The van der Waals surface area contributed by atoms with Crippen molar-refractivity contribution in [2.24, 2.45) is 5.41 Å². The van der Waals surface area contributed by atoms with E-state index < -0.39 is 5.60 Å². The second-order valence-electron chi connectivity index (χ2n) is 7.67. The number of β-amino-alcohol motifs (C(OH)–C–C–N with tert-alkyl or cyclic N) is 1. The maximum Gasteiger partial charge on any atom is 0.228 e. The Morgan fingerprint density at radius 2 is 1.83 bits per heavy atom. The van der Waals surface area contributed by atoms with Gasteiger partial charge in [0.15, 0.2) is 0 Å². The van der Waals surface area contributed by atoms with Crippen molar-refractivity contribution >= 4 is 5.91 Å². The summed E-state index contributed by atoms with van der Waals surface area (Å²) in [4.78, 5) is 17.0. The summed E-state index contributed by atoms with van der Waals surface area (Å²) in [5.74, 6) is 0.934. The molecule has 0 bridgehead atoms. The number of carbonyl (C=O) groups is 1. The van der Waals surface area contributed by atoms with E-state index in [1.807, 2.05) is 35.2 Å². The third-order valence-electron chi connectivity index (χ3n) is 5.48. The number of carbonyl (C=O) groups excluding carboxylic acids is 1. The number of hydrogen-bond acceptors (Lipinski definition) is 4. The second-order valence-corrected chi connectivity index (χ2v) is 7.67. The van der Waals surface area contributed by atoms with Gasteiger partial charge in [0, 0.05) is 12.0 Å². The Bertz CT molecular complexity index is 569. The third-order valence-corrected chi connectivity index (χ3v) is 5.48. The van der Waals surface area contributed by atoms with Crippen LogP contribution < -0.4 is 4.74 Å². The Kier molecular flexibility index (Phi) is 4.83. The van der Waals surface area contributed by atoms with Gasteiger partial charge in [-0.15, -0.1) is 0 Å². The Balaban J connectivity index is 1.57. The molecule has 0 radical (unpaired) electrons. The summed E-state index contributed by atoms with van der Waals surface area (Å²) in [6, 6.07) is 9.50. The summed E-state index contributed by atoms with van der Waals surface area (Å²) in [6.45, 7) is 5.18. The molecule has 1 amide bonds. The summed E-state index contributed by atoms with van der Waals surface area (Å²) in [6.07, 6.45) is 2.34. The molecule has 0 unspecified atom stereocenters. The van der Waals surface area contributed by atoms with Crippen LogP contribution in [0.1, 0.15) is 26.2 Å². The van der Waals surface area contributed by atoms with E-state index in [9.17, 15) is 9.90 Å². The largest absolute Gasteiger partial charge is 0.491 e.